The van der Waals surface area contributed by atoms with Crippen LogP contribution in [0.15, 0.2) is 27.7 Å². The molecule has 0 radical (unpaired) electrons. The highest BCUT2D eigenvalue weighted by Crippen LogP contribution is 2.15. The standard InChI is InChI=1S/C13H19BrFN3O.HI/c1-9(8-19-2)18-13(16)17-6-5-10-7-11(14)3-4-12(10)15;/h3-4,7,9H,5-6,8H2,1-2H3,(H3,16,17,18);1H. The van der Waals surface area contributed by atoms with Crippen LogP contribution in [0.3, 0.4) is 0 Å². The van der Waals surface area contributed by atoms with E-state index in [2.05, 4.69) is 26.2 Å². The van der Waals surface area contributed by atoms with Gasteiger partial charge in [-0.25, -0.2) is 4.39 Å². The Balaban J connectivity index is 0.00000361. The molecule has 1 rings (SSSR count). The first-order valence-corrected chi connectivity index (χ1v) is 6.81. The van der Waals surface area contributed by atoms with Crippen molar-refractivity contribution in [3.63, 3.8) is 0 Å². The van der Waals surface area contributed by atoms with Crippen LogP contribution in [-0.4, -0.2) is 32.3 Å². The molecule has 0 fully saturated rings. The van der Waals surface area contributed by atoms with E-state index in [0.29, 0.717) is 31.1 Å². The summed E-state index contributed by atoms with van der Waals surface area (Å²) in [7, 11) is 1.63. The number of methoxy groups -OCH3 is 1. The Morgan fingerprint density at radius 2 is 2.25 bits per heavy atom. The van der Waals surface area contributed by atoms with Crippen molar-refractivity contribution < 1.29 is 9.13 Å². The number of nitrogens with zero attached hydrogens (tertiary/aromatic N) is 1. The summed E-state index contributed by atoms with van der Waals surface area (Å²) in [6, 6.07) is 4.95. The summed E-state index contributed by atoms with van der Waals surface area (Å²) in [6.07, 6.45) is 0.506. The van der Waals surface area contributed by atoms with Crippen molar-refractivity contribution >= 4 is 45.9 Å². The highest BCUT2D eigenvalue weighted by atomic mass is 127. The van der Waals surface area contributed by atoms with E-state index in [-0.39, 0.29) is 35.8 Å². The average Bonchev–Trinajstić information content (AvgIpc) is 2.33. The SMILES string of the molecule is COCC(C)NC(N)=NCCc1cc(Br)ccc1F.I. The van der Waals surface area contributed by atoms with Crippen molar-refractivity contribution in [2.24, 2.45) is 10.7 Å². The van der Waals surface area contributed by atoms with Crippen molar-refractivity contribution in [1.82, 2.24) is 5.32 Å². The summed E-state index contributed by atoms with van der Waals surface area (Å²) in [5, 5.41) is 2.99. The van der Waals surface area contributed by atoms with Gasteiger partial charge in [-0.05, 0) is 37.1 Å². The normalized spacial score (nSPS) is 12.7. The molecule has 0 amide bonds. The molecular weight excluding hydrogens is 440 g/mol. The maximum atomic E-state index is 13.5. The summed E-state index contributed by atoms with van der Waals surface area (Å²) in [6.45, 7) is 2.93. The molecule has 20 heavy (non-hydrogen) atoms. The molecule has 1 aromatic carbocycles. The third kappa shape index (κ3) is 7.39. The lowest BCUT2D eigenvalue weighted by molar-refractivity contribution is 0.179. The molecule has 3 N–H and O–H groups in total. The second-order valence-corrected chi connectivity index (χ2v) is 5.17. The van der Waals surface area contributed by atoms with Crippen molar-refractivity contribution in [2.75, 3.05) is 20.3 Å². The monoisotopic (exact) mass is 459 g/mol. The minimum absolute atomic E-state index is 0. The Labute approximate surface area is 144 Å². The molecular formula is C13H20BrFIN3O. The molecule has 0 aromatic heterocycles. The Kier molecular flexibility index (Phi) is 10.1. The molecule has 7 heteroatoms. The number of hydrogen-bond acceptors (Lipinski definition) is 2. The summed E-state index contributed by atoms with van der Waals surface area (Å²) in [5.41, 5.74) is 6.34. The second-order valence-electron chi connectivity index (χ2n) is 4.25. The maximum absolute atomic E-state index is 13.5. The molecule has 0 bridgehead atoms. The van der Waals surface area contributed by atoms with Gasteiger partial charge in [0.1, 0.15) is 5.82 Å². The molecule has 0 saturated carbocycles. The van der Waals surface area contributed by atoms with E-state index < -0.39 is 0 Å². The van der Waals surface area contributed by atoms with Crippen molar-refractivity contribution in [2.45, 2.75) is 19.4 Å². The molecule has 0 spiro atoms. The van der Waals surface area contributed by atoms with Crippen LogP contribution >= 0.6 is 39.9 Å². The molecule has 1 atom stereocenters. The van der Waals surface area contributed by atoms with Crippen LogP contribution in [0.25, 0.3) is 0 Å². The van der Waals surface area contributed by atoms with E-state index in [1.54, 1.807) is 19.2 Å². The topological polar surface area (TPSA) is 59.6 Å². The van der Waals surface area contributed by atoms with Gasteiger partial charge in [-0.1, -0.05) is 15.9 Å². The molecule has 4 nitrogen and oxygen atoms in total. The van der Waals surface area contributed by atoms with E-state index in [1.165, 1.54) is 6.07 Å². The van der Waals surface area contributed by atoms with Crippen LogP contribution < -0.4 is 11.1 Å². The van der Waals surface area contributed by atoms with Gasteiger partial charge in [0.05, 0.1) is 6.61 Å². The van der Waals surface area contributed by atoms with Crippen molar-refractivity contribution in [3.05, 3.63) is 34.1 Å². The first kappa shape index (κ1) is 19.6. The van der Waals surface area contributed by atoms with E-state index >= 15 is 0 Å². The predicted molar refractivity (Wildman–Crippen MR) is 94.2 cm³/mol. The third-order valence-electron chi connectivity index (χ3n) is 2.48. The summed E-state index contributed by atoms with van der Waals surface area (Å²) in [5.74, 6) is 0.123. The molecule has 0 saturated heterocycles. The highest BCUT2D eigenvalue weighted by Gasteiger charge is 2.04. The van der Waals surface area contributed by atoms with Gasteiger partial charge in [-0.15, -0.1) is 24.0 Å². The number of nitrogens with two attached hydrogens (primary N) is 1. The summed E-state index contributed by atoms with van der Waals surface area (Å²) < 4.78 is 19.3. The first-order valence-electron chi connectivity index (χ1n) is 6.02. The number of aliphatic imine (C=N–C) groups is 1. The zero-order valence-electron chi connectivity index (χ0n) is 11.5. The Morgan fingerprint density at radius 1 is 1.55 bits per heavy atom. The largest absolute Gasteiger partial charge is 0.383 e. The molecule has 114 valence electrons. The molecule has 1 unspecified atom stereocenters. The molecule has 0 heterocycles. The number of rotatable bonds is 6. The summed E-state index contributed by atoms with van der Waals surface area (Å²) in [4.78, 5) is 4.16. The van der Waals surface area contributed by atoms with Crippen molar-refractivity contribution in [1.29, 1.82) is 0 Å². The number of nitrogens with one attached hydrogen (secondary N) is 1. The van der Waals surface area contributed by atoms with E-state index in [0.717, 1.165) is 4.47 Å². The molecule has 0 aliphatic heterocycles. The van der Waals surface area contributed by atoms with E-state index in [4.69, 9.17) is 10.5 Å². The minimum Gasteiger partial charge on any atom is -0.383 e. The lowest BCUT2D eigenvalue weighted by Crippen LogP contribution is -2.40. The molecule has 0 aliphatic rings. The Hall–Kier alpha value is -0.410. The fourth-order valence-electron chi connectivity index (χ4n) is 1.62. The smallest absolute Gasteiger partial charge is 0.188 e. The number of benzene rings is 1. The van der Waals surface area contributed by atoms with E-state index in [1.807, 2.05) is 6.92 Å². The fraction of sp³-hybridized carbons (Fsp3) is 0.462. The lowest BCUT2D eigenvalue weighted by Gasteiger charge is -2.13. The fourth-order valence-corrected chi connectivity index (χ4v) is 2.03. The van der Waals surface area contributed by atoms with Crippen LogP contribution in [0.1, 0.15) is 12.5 Å². The average molecular weight is 460 g/mol. The van der Waals surface area contributed by atoms with Crippen LogP contribution in [-0.2, 0) is 11.2 Å². The maximum Gasteiger partial charge on any atom is 0.188 e. The zero-order valence-corrected chi connectivity index (χ0v) is 15.4. The lowest BCUT2D eigenvalue weighted by atomic mass is 10.1. The molecule has 0 aliphatic carbocycles. The number of guanidine groups is 1. The zero-order chi connectivity index (χ0) is 14.3. The Morgan fingerprint density at radius 3 is 2.90 bits per heavy atom. The van der Waals surface area contributed by atoms with Gasteiger partial charge in [-0.3, -0.25) is 4.99 Å². The Bertz CT molecular complexity index is 446. The van der Waals surface area contributed by atoms with E-state index in [9.17, 15) is 4.39 Å². The quantitative estimate of drug-likeness (QED) is 0.390. The van der Waals surface area contributed by atoms with Gasteiger partial charge in [0, 0.05) is 24.2 Å². The van der Waals surface area contributed by atoms with Crippen LogP contribution in [0.4, 0.5) is 4.39 Å². The van der Waals surface area contributed by atoms with Gasteiger partial charge in [0.15, 0.2) is 5.96 Å². The van der Waals surface area contributed by atoms with Crippen LogP contribution in [0.5, 0.6) is 0 Å². The van der Waals surface area contributed by atoms with Gasteiger partial charge in [-0.2, -0.15) is 0 Å². The van der Waals surface area contributed by atoms with Crippen LogP contribution in [0.2, 0.25) is 0 Å². The predicted octanol–water partition coefficient (Wildman–Crippen LogP) is 2.69. The first-order chi connectivity index (χ1) is 9.02. The van der Waals surface area contributed by atoms with Gasteiger partial charge in [0.2, 0.25) is 0 Å². The summed E-state index contributed by atoms with van der Waals surface area (Å²) >= 11 is 3.31. The van der Waals surface area contributed by atoms with Gasteiger partial charge in [0.25, 0.3) is 0 Å². The number of halogens is 3. The highest BCUT2D eigenvalue weighted by molar-refractivity contribution is 14.0. The van der Waals surface area contributed by atoms with Crippen molar-refractivity contribution in [3.8, 4) is 0 Å². The molecule has 1 aromatic rings. The van der Waals surface area contributed by atoms with Gasteiger partial charge >= 0.3 is 0 Å². The number of ether oxygens (including phenoxy) is 1. The second kappa shape index (κ2) is 10.3. The van der Waals surface area contributed by atoms with Crippen LogP contribution in [0, 0.1) is 5.82 Å². The van der Waals surface area contributed by atoms with Gasteiger partial charge < -0.3 is 15.8 Å². The third-order valence-corrected chi connectivity index (χ3v) is 2.98. The number of hydrogen-bond donors (Lipinski definition) is 2. The minimum atomic E-state index is -0.224.